The summed E-state index contributed by atoms with van der Waals surface area (Å²) in [7, 11) is 0. The van der Waals surface area contributed by atoms with Crippen LogP contribution in [0.25, 0.3) is 0 Å². The molecule has 1 aromatic rings. The number of aliphatic hydroxyl groups is 1. The average Bonchev–Trinajstić information content (AvgIpc) is 2.39. The number of benzene rings is 1. The van der Waals surface area contributed by atoms with E-state index in [-0.39, 0.29) is 41.0 Å². The van der Waals surface area contributed by atoms with Crippen LogP contribution in [0.4, 0.5) is 0 Å². The Morgan fingerprint density at radius 2 is 1.65 bits per heavy atom. The van der Waals surface area contributed by atoms with Crippen molar-refractivity contribution in [3.8, 4) is 11.5 Å². The molecule has 0 saturated carbocycles. The molecular formula is C15H18ClNO6. The summed E-state index contributed by atoms with van der Waals surface area (Å²) in [5.41, 5.74) is 0.273. The van der Waals surface area contributed by atoms with E-state index >= 15 is 0 Å². The lowest BCUT2D eigenvalue weighted by molar-refractivity contribution is -0.134. The van der Waals surface area contributed by atoms with Gasteiger partial charge in [-0.1, -0.05) is 11.6 Å². The molecule has 23 heavy (non-hydrogen) atoms. The first-order chi connectivity index (χ1) is 10.7. The molecule has 126 valence electrons. The van der Waals surface area contributed by atoms with E-state index in [0.717, 1.165) is 0 Å². The predicted octanol–water partition coefficient (Wildman–Crippen LogP) is 1.40. The van der Waals surface area contributed by atoms with Crippen LogP contribution >= 0.6 is 11.6 Å². The normalized spacial score (nSPS) is 11.7. The molecule has 1 atom stereocenters. The second-order valence-corrected chi connectivity index (χ2v) is 5.26. The monoisotopic (exact) mass is 343 g/mol. The van der Waals surface area contributed by atoms with E-state index in [0.29, 0.717) is 0 Å². The van der Waals surface area contributed by atoms with Gasteiger partial charge >= 0.3 is 11.9 Å². The first-order valence-electron chi connectivity index (χ1n) is 6.79. The summed E-state index contributed by atoms with van der Waals surface area (Å²) in [5, 5.41) is 13.0. The number of carbonyl (C=O) groups excluding carboxylic acids is 3. The van der Waals surface area contributed by atoms with Crippen molar-refractivity contribution >= 4 is 29.3 Å². The molecule has 0 aliphatic heterocycles. The number of ether oxygens (including phenoxy) is 2. The third-order valence-electron chi connectivity index (χ3n) is 2.64. The SMILES string of the molecule is CC(=O)CNC[C@H](O)c1cc(OC(C)=O)c(OC(C)=O)cc1Cl. The fraction of sp³-hybridized carbons (Fsp3) is 0.400. The Hall–Kier alpha value is -1.96. The van der Waals surface area contributed by atoms with Crippen LogP contribution in [0, 0.1) is 0 Å². The number of rotatable bonds is 7. The highest BCUT2D eigenvalue weighted by molar-refractivity contribution is 6.31. The molecule has 0 amide bonds. The molecule has 0 aliphatic rings. The summed E-state index contributed by atoms with van der Waals surface area (Å²) in [6.07, 6.45) is -1.04. The van der Waals surface area contributed by atoms with Crippen LogP contribution in [0.3, 0.4) is 0 Å². The predicted molar refractivity (Wildman–Crippen MR) is 82.6 cm³/mol. The molecule has 2 N–H and O–H groups in total. The Balaban J connectivity index is 3.05. The molecule has 0 aliphatic carbocycles. The Morgan fingerprint density at radius 1 is 1.13 bits per heavy atom. The van der Waals surface area contributed by atoms with Gasteiger partial charge in [0.15, 0.2) is 11.5 Å². The van der Waals surface area contributed by atoms with Crippen LogP contribution in [0.15, 0.2) is 12.1 Å². The van der Waals surface area contributed by atoms with Crippen molar-refractivity contribution < 1.29 is 29.0 Å². The van der Waals surface area contributed by atoms with E-state index in [9.17, 15) is 19.5 Å². The Kier molecular flexibility index (Phi) is 7.15. The maximum Gasteiger partial charge on any atom is 0.308 e. The lowest BCUT2D eigenvalue weighted by Crippen LogP contribution is -2.26. The lowest BCUT2D eigenvalue weighted by Gasteiger charge is -2.16. The van der Waals surface area contributed by atoms with Crippen LogP contribution in [0.5, 0.6) is 11.5 Å². The second kappa shape index (κ2) is 8.61. The molecule has 7 nitrogen and oxygen atoms in total. The molecule has 0 spiro atoms. The van der Waals surface area contributed by atoms with E-state index < -0.39 is 18.0 Å². The Bertz CT molecular complexity index is 616. The summed E-state index contributed by atoms with van der Waals surface area (Å²) in [6, 6.07) is 2.60. The number of aliphatic hydroxyl groups excluding tert-OH is 1. The molecule has 0 fully saturated rings. The van der Waals surface area contributed by atoms with Gasteiger partial charge in [-0.05, 0) is 13.0 Å². The van der Waals surface area contributed by atoms with Crippen molar-refractivity contribution in [2.24, 2.45) is 0 Å². The molecule has 1 rings (SSSR count). The summed E-state index contributed by atoms with van der Waals surface area (Å²) in [4.78, 5) is 33.1. The van der Waals surface area contributed by atoms with Gasteiger partial charge in [0, 0.05) is 32.0 Å². The number of Topliss-reactive ketones (excluding diaryl/α,β-unsaturated/α-hetero) is 1. The quantitative estimate of drug-likeness (QED) is 0.570. The van der Waals surface area contributed by atoms with E-state index in [2.05, 4.69) is 5.32 Å². The van der Waals surface area contributed by atoms with E-state index in [1.807, 2.05) is 0 Å². The summed E-state index contributed by atoms with van der Waals surface area (Å²) < 4.78 is 9.91. The molecule has 1 aromatic carbocycles. The first-order valence-corrected chi connectivity index (χ1v) is 7.17. The number of hydrogen-bond acceptors (Lipinski definition) is 7. The van der Waals surface area contributed by atoms with Crippen molar-refractivity contribution in [3.05, 3.63) is 22.7 Å². The maximum atomic E-state index is 11.2. The minimum Gasteiger partial charge on any atom is -0.423 e. The van der Waals surface area contributed by atoms with Crippen molar-refractivity contribution in [1.82, 2.24) is 5.32 Å². The van der Waals surface area contributed by atoms with Gasteiger partial charge in [0.2, 0.25) is 0 Å². The first kappa shape index (κ1) is 19.1. The van der Waals surface area contributed by atoms with Gasteiger partial charge in [-0.3, -0.25) is 14.4 Å². The molecule has 0 radical (unpaired) electrons. The van der Waals surface area contributed by atoms with E-state index in [4.69, 9.17) is 21.1 Å². The van der Waals surface area contributed by atoms with Crippen molar-refractivity contribution in [1.29, 1.82) is 0 Å². The zero-order valence-corrected chi connectivity index (χ0v) is 13.8. The van der Waals surface area contributed by atoms with Crippen LogP contribution in [-0.2, 0) is 14.4 Å². The standard InChI is InChI=1S/C15H18ClNO6/c1-8(18)6-17-7-13(21)11-4-14(22-9(2)19)15(5-12(11)16)23-10(3)20/h4-5,13,17,21H,6-7H2,1-3H3/t13-/m0/s1. The van der Waals surface area contributed by atoms with Crippen LogP contribution in [0.2, 0.25) is 5.02 Å². The smallest absolute Gasteiger partial charge is 0.308 e. The zero-order chi connectivity index (χ0) is 17.6. The topological polar surface area (TPSA) is 102 Å². The molecule has 0 saturated heterocycles. The number of hydrogen-bond donors (Lipinski definition) is 2. The van der Waals surface area contributed by atoms with Crippen molar-refractivity contribution in [2.45, 2.75) is 26.9 Å². The average molecular weight is 344 g/mol. The minimum atomic E-state index is -1.04. The van der Waals surface area contributed by atoms with Gasteiger partial charge < -0.3 is 19.9 Å². The molecule has 0 heterocycles. The highest BCUT2D eigenvalue weighted by Gasteiger charge is 2.19. The van der Waals surface area contributed by atoms with E-state index in [1.165, 1.54) is 32.9 Å². The molecule has 0 bridgehead atoms. The van der Waals surface area contributed by atoms with Gasteiger partial charge in [0.1, 0.15) is 5.78 Å². The van der Waals surface area contributed by atoms with Crippen LogP contribution in [0.1, 0.15) is 32.4 Å². The highest BCUT2D eigenvalue weighted by Crippen LogP contribution is 2.36. The van der Waals surface area contributed by atoms with Gasteiger partial charge in [-0.15, -0.1) is 0 Å². The van der Waals surface area contributed by atoms with Gasteiger partial charge in [-0.2, -0.15) is 0 Å². The largest absolute Gasteiger partial charge is 0.423 e. The fourth-order valence-corrected chi connectivity index (χ4v) is 2.05. The summed E-state index contributed by atoms with van der Waals surface area (Å²) in [6.45, 7) is 3.98. The third kappa shape index (κ3) is 6.35. The number of nitrogens with one attached hydrogen (secondary N) is 1. The number of halogens is 1. The highest BCUT2D eigenvalue weighted by atomic mass is 35.5. The Morgan fingerprint density at radius 3 is 2.13 bits per heavy atom. The van der Waals surface area contributed by atoms with Gasteiger partial charge in [0.25, 0.3) is 0 Å². The number of carbonyl (C=O) groups is 3. The molecular weight excluding hydrogens is 326 g/mol. The number of esters is 2. The van der Waals surface area contributed by atoms with Gasteiger partial charge in [-0.25, -0.2) is 0 Å². The van der Waals surface area contributed by atoms with Gasteiger partial charge in [0.05, 0.1) is 17.7 Å². The van der Waals surface area contributed by atoms with Crippen LogP contribution < -0.4 is 14.8 Å². The molecule has 0 aromatic heterocycles. The van der Waals surface area contributed by atoms with Crippen molar-refractivity contribution in [3.63, 3.8) is 0 Å². The minimum absolute atomic E-state index is 0.0228. The fourth-order valence-electron chi connectivity index (χ4n) is 1.77. The van der Waals surface area contributed by atoms with Crippen LogP contribution in [-0.4, -0.2) is 35.9 Å². The molecule has 8 heteroatoms. The van der Waals surface area contributed by atoms with E-state index in [1.54, 1.807) is 0 Å². The number of ketones is 1. The third-order valence-corrected chi connectivity index (χ3v) is 2.97. The lowest BCUT2D eigenvalue weighted by atomic mass is 10.1. The summed E-state index contributed by atoms with van der Waals surface area (Å²) in [5.74, 6) is -1.35. The zero-order valence-electron chi connectivity index (χ0n) is 13.0. The van der Waals surface area contributed by atoms with Crippen molar-refractivity contribution in [2.75, 3.05) is 13.1 Å². The summed E-state index contributed by atoms with van der Waals surface area (Å²) >= 11 is 6.07. The maximum absolute atomic E-state index is 11.2. The second-order valence-electron chi connectivity index (χ2n) is 4.86. The Labute approximate surface area is 138 Å². The molecule has 0 unspecified atom stereocenters.